The van der Waals surface area contributed by atoms with Gasteiger partial charge in [0.2, 0.25) is 0 Å². The second kappa shape index (κ2) is 6.41. The van der Waals surface area contributed by atoms with E-state index in [1.807, 2.05) is 37.4 Å². The Morgan fingerprint density at radius 2 is 2.21 bits per heavy atom. The number of ether oxygens (including phenoxy) is 1. The average molecular weight is 281 g/mol. The summed E-state index contributed by atoms with van der Waals surface area (Å²) in [7, 11) is 0. The highest BCUT2D eigenvalue weighted by Crippen LogP contribution is 2.23. The Morgan fingerprint density at radius 1 is 1.47 bits per heavy atom. The number of amides is 1. The molecule has 0 aromatic heterocycles. The van der Waals surface area contributed by atoms with Crippen LogP contribution < -0.4 is 0 Å². The zero-order chi connectivity index (χ0) is 13.8. The van der Waals surface area contributed by atoms with E-state index in [9.17, 15) is 9.90 Å². The van der Waals surface area contributed by atoms with E-state index < -0.39 is 6.10 Å². The van der Waals surface area contributed by atoms with Crippen molar-refractivity contribution < 1.29 is 14.6 Å². The van der Waals surface area contributed by atoms with Gasteiger partial charge >= 0.3 is 0 Å². The number of aliphatic hydroxyl groups is 1. The van der Waals surface area contributed by atoms with Crippen LogP contribution in [0.4, 0.5) is 0 Å². The van der Waals surface area contributed by atoms with Gasteiger partial charge in [-0.05, 0) is 25.3 Å². The molecule has 1 aliphatic rings. The van der Waals surface area contributed by atoms with E-state index >= 15 is 0 Å². The topological polar surface area (TPSA) is 49.8 Å². The van der Waals surface area contributed by atoms with Gasteiger partial charge < -0.3 is 14.7 Å². The van der Waals surface area contributed by atoms with E-state index in [2.05, 4.69) is 0 Å². The molecule has 0 radical (unpaired) electrons. The summed E-state index contributed by atoms with van der Waals surface area (Å²) < 4.78 is 5.44. The van der Waals surface area contributed by atoms with E-state index in [0.29, 0.717) is 25.3 Å². The third-order valence-corrected chi connectivity index (χ3v) is 4.04. The van der Waals surface area contributed by atoms with E-state index in [1.165, 1.54) is 0 Å². The van der Waals surface area contributed by atoms with Crippen LogP contribution in [-0.4, -0.2) is 54.1 Å². The fourth-order valence-electron chi connectivity index (χ4n) is 2.29. The summed E-state index contributed by atoms with van der Waals surface area (Å²) in [4.78, 5) is 15.1. The molecule has 1 aromatic rings. The monoisotopic (exact) mass is 281 g/mol. The summed E-state index contributed by atoms with van der Waals surface area (Å²) in [6, 6.07) is 7.54. The maximum Gasteiger partial charge on any atom is 0.255 e. The molecule has 1 N–H and O–H groups in total. The Hall–Kier alpha value is -1.04. The fraction of sp³-hybridized carbons (Fsp3) is 0.500. The number of aliphatic hydroxyl groups excluding tert-OH is 1. The normalized spacial score (nSPS) is 22.8. The van der Waals surface area contributed by atoms with Crippen molar-refractivity contribution in [3.05, 3.63) is 29.8 Å². The molecule has 1 aromatic carbocycles. The van der Waals surface area contributed by atoms with Crippen LogP contribution in [0.2, 0.25) is 0 Å². The Morgan fingerprint density at radius 3 is 2.89 bits per heavy atom. The molecule has 0 spiro atoms. The molecule has 0 saturated carbocycles. The largest absolute Gasteiger partial charge is 0.388 e. The van der Waals surface area contributed by atoms with Crippen molar-refractivity contribution in [2.45, 2.75) is 24.0 Å². The van der Waals surface area contributed by atoms with Gasteiger partial charge in [0.05, 0.1) is 11.7 Å². The summed E-state index contributed by atoms with van der Waals surface area (Å²) in [5.41, 5.74) is 0.694. The average Bonchev–Trinajstić information content (AvgIpc) is 2.80. The minimum atomic E-state index is -0.592. The van der Waals surface area contributed by atoms with Gasteiger partial charge in [-0.1, -0.05) is 12.1 Å². The van der Waals surface area contributed by atoms with E-state index in [0.717, 1.165) is 4.90 Å². The zero-order valence-electron chi connectivity index (χ0n) is 11.2. The predicted octanol–water partition coefficient (Wildman–Crippen LogP) is 1.63. The summed E-state index contributed by atoms with van der Waals surface area (Å²) in [6.45, 7) is 3.23. The quantitative estimate of drug-likeness (QED) is 0.852. The fourth-order valence-corrected chi connectivity index (χ4v) is 2.88. The summed E-state index contributed by atoms with van der Waals surface area (Å²) in [6.07, 6.45) is 1.09. The number of carbonyl (C=O) groups excluding carboxylic acids is 1. The minimum Gasteiger partial charge on any atom is -0.388 e. The van der Waals surface area contributed by atoms with Gasteiger partial charge in [0.25, 0.3) is 5.91 Å². The van der Waals surface area contributed by atoms with Gasteiger partial charge in [-0.2, -0.15) is 0 Å². The molecule has 4 nitrogen and oxygen atoms in total. The van der Waals surface area contributed by atoms with Crippen LogP contribution in [0.15, 0.2) is 29.2 Å². The van der Waals surface area contributed by atoms with Gasteiger partial charge in [0.15, 0.2) is 0 Å². The third kappa shape index (κ3) is 3.11. The third-order valence-electron chi connectivity index (χ3n) is 3.24. The number of carbonyl (C=O) groups is 1. The number of hydrogen-bond donors (Lipinski definition) is 1. The van der Waals surface area contributed by atoms with Gasteiger partial charge in [0.1, 0.15) is 6.10 Å². The van der Waals surface area contributed by atoms with Crippen LogP contribution in [0.25, 0.3) is 0 Å². The Kier molecular flexibility index (Phi) is 4.85. The van der Waals surface area contributed by atoms with Crippen molar-refractivity contribution in [3.8, 4) is 0 Å². The SMILES string of the molecule is CCO[C@@H]1CN(C(=O)c2ccccc2SC)C[C@H]1O. The minimum absolute atomic E-state index is 0.0359. The lowest BCUT2D eigenvalue weighted by Gasteiger charge is -2.17. The van der Waals surface area contributed by atoms with Crippen molar-refractivity contribution in [2.75, 3.05) is 26.0 Å². The van der Waals surface area contributed by atoms with Crippen LogP contribution in [0.1, 0.15) is 17.3 Å². The number of rotatable bonds is 4. The number of likely N-dealkylation sites (tertiary alicyclic amines) is 1. The second-order valence-electron chi connectivity index (χ2n) is 4.47. The molecule has 0 bridgehead atoms. The molecule has 2 rings (SSSR count). The molecule has 0 unspecified atom stereocenters. The summed E-state index contributed by atoms with van der Waals surface area (Å²) in [5, 5.41) is 9.89. The smallest absolute Gasteiger partial charge is 0.255 e. The zero-order valence-corrected chi connectivity index (χ0v) is 12.0. The lowest BCUT2D eigenvalue weighted by molar-refractivity contribution is -0.00237. The molecule has 1 fully saturated rings. The molecule has 19 heavy (non-hydrogen) atoms. The van der Waals surface area contributed by atoms with Gasteiger partial charge in [0, 0.05) is 24.6 Å². The first-order valence-corrected chi connectivity index (χ1v) is 7.61. The second-order valence-corrected chi connectivity index (χ2v) is 5.32. The van der Waals surface area contributed by atoms with Gasteiger partial charge in [-0.15, -0.1) is 11.8 Å². The molecule has 1 heterocycles. The number of benzene rings is 1. The van der Waals surface area contributed by atoms with Gasteiger partial charge in [-0.25, -0.2) is 0 Å². The molecule has 5 heteroatoms. The maximum atomic E-state index is 12.5. The van der Waals surface area contributed by atoms with Crippen molar-refractivity contribution >= 4 is 17.7 Å². The van der Waals surface area contributed by atoms with E-state index in [-0.39, 0.29) is 12.0 Å². The Labute approximate surface area is 117 Å². The van der Waals surface area contributed by atoms with Crippen LogP contribution in [0.5, 0.6) is 0 Å². The highest BCUT2D eigenvalue weighted by molar-refractivity contribution is 7.98. The molecule has 2 atom stereocenters. The Balaban J connectivity index is 2.13. The lowest BCUT2D eigenvalue weighted by atomic mass is 10.2. The standard InChI is InChI=1S/C14H19NO3S/c1-3-18-12-9-15(8-11(12)16)14(17)10-6-4-5-7-13(10)19-2/h4-7,11-12,16H,3,8-9H2,1-2H3/t11-,12-/m1/s1. The number of thioether (sulfide) groups is 1. The predicted molar refractivity (Wildman–Crippen MR) is 75.5 cm³/mol. The number of β-amino-alcohol motifs (C(OH)–C–C–N with tert-alkyl or cyclic N) is 1. The molecule has 1 amide bonds. The van der Waals surface area contributed by atoms with E-state index in [4.69, 9.17) is 4.74 Å². The van der Waals surface area contributed by atoms with Crippen LogP contribution >= 0.6 is 11.8 Å². The highest BCUT2D eigenvalue weighted by atomic mass is 32.2. The first-order chi connectivity index (χ1) is 9.17. The molecule has 104 valence electrons. The van der Waals surface area contributed by atoms with Crippen molar-refractivity contribution in [2.24, 2.45) is 0 Å². The van der Waals surface area contributed by atoms with Crippen LogP contribution in [0, 0.1) is 0 Å². The van der Waals surface area contributed by atoms with Crippen LogP contribution in [-0.2, 0) is 4.74 Å². The first-order valence-electron chi connectivity index (χ1n) is 6.39. The van der Waals surface area contributed by atoms with Crippen molar-refractivity contribution in [1.82, 2.24) is 4.90 Å². The lowest BCUT2D eigenvalue weighted by Crippen LogP contribution is -2.30. The summed E-state index contributed by atoms with van der Waals surface area (Å²) in [5.74, 6) is -0.0359. The molecule has 1 saturated heterocycles. The summed E-state index contributed by atoms with van der Waals surface area (Å²) >= 11 is 1.55. The molecule has 1 aliphatic heterocycles. The molecule has 0 aliphatic carbocycles. The van der Waals surface area contributed by atoms with Crippen molar-refractivity contribution in [1.29, 1.82) is 0 Å². The first kappa shape index (κ1) is 14.4. The van der Waals surface area contributed by atoms with Gasteiger partial charge in [-0.3, -0.25) is 4.79 Å². The van der Waals surface area contributed by atoms with E-state index in [1.54, 1.807) is 16.7 Å². The number of nitrogens with zero attached hydrogens (tertiary/aromatic N) is 1. The molecular weight excluding hydrogens is 262 g/mol. The number of hydrogen-bond acceptors (Lipinski definition) is 4. The highest BCUT2D eigenvalue weighted by Gasteiger charge is 2.35. The van der Waals surface area contributed by atoms with Crippen molar-refractivity contribution in [3.63, 3.8) is 0 Å². The maximum absolute atomic E-state index is 12.5. The molecular formula is C14H19NO3S. The Bertz CT molecular complexity index is 452. The van der Waals surface area contributed by atoms with Crippen LogP contribution in [0.3, 0.4) is 0 Å².